The normalized spacial score (nSPS) is 20.5. The van der Waals surface area contributed by atoms with E-state index in [2.05, 4.69) is 20.8 Å². The largest absolute Gasteiger partial charge is 0.359 e. The number of alkyl halides is 1. The summed E-state index contributed by atoms with van der Waals surface area (Å²) in [5, 5.41) is 14.9. The molecule has 1 heterocycles. The van der Waals surface area contributed by atoms with Crippen LogP contribution in [0.1, 0.15) is 25.7 Å². The molecule has 0 radical (unpaired) electrons. The van der Waals surface area contributed by atoms with Gasteiger partial charge in [0.15, 0.2) is 0 Å². The van der Waals surface area contributed by atoms with Gasteiger partial charge in [-0.25, -0.2) is 0 Å². The third-order valence-corrected chi connectivity index (χ3v) is 3.05. The maximum Gasteiger partial charge on any atom is 0.115 e. The lowest BCUT2D eigenvalue weighted by atomic mass is 10.2. The van der Waals surface area contributed by atoms with Crippen molar-refractivity contribution in [1.82, 2.24) is 4.90 Å². The molecule has 0 aliphatic carbocycles. The second-order valence-electron chi connectivity index (χ2n) is 3.35. The highest BCUT2D eigenvalue weighted by Gasteiger charge is 2.16. The zero-order valence-corrected chi connectivity index (χ0v) is 9.31. The molecule has 2 N–H and O–H groups in total. The minimum Gasteiger partial charge on any atom is -0.359 e. The molecule has 0 aromatic rings. The number of likely N-dealkylation sites (tertiary alicyclic amines) is 1. The van der Waals surface area contributed by atoms with E-state index in [4.69, 9.17) is 10.8 Å². The number of hydrogen-bond acceptors (Lipinski definition) is 2. The molecule has 1 fully saturated rings. The van der Waals surface area contributed by atoms with Crippen LogP contribution in [0.2, 0.25) is 0 Å². The molecule has 1 rings (SSSR count). The molecule has 1 aliphatic rings. The van der Waals surface area contributed by atoms with Crippen molar-refractivity contribution < 1.29 is 0 Å². The van der Waals surface area contributed by atoms with Gasteiger partial charge in [0.25, 0.3) is 0 Å². The highest BCUT2D eigenvalue weighted by atomic mass is 79.9. The van der Waals surface area contributed by atoms with Crippen LogP contribution in [0.3, 0.4) is 0 Å². The Bertz CT molecular complexity index is 185. The Morgan fingerprint density at radius 3 is 2.23 bits per heavy atom. The van der Waals surface area contributed by atoms with E-state index < -0.39 is 0 Å². The quantitative estimate of drug-likeness (QED) is 0.438. The zero-order chi connectivity index (χ0) is 9.68. The lowest BCUT2D eigenvalue weighted by Crippen LogP contribution is -2.37. The van der Waals surface area contributed by atoms with E-state index in [1.165, 1.54) is 31.9 Å². The lowest BCUT2D eigenvalue weighted by molar-refractivity contribution is 0.429. The Morgan fingerprint density at radius 2 is 1.77 bits per heavy atom. The first-order valence-electron chi connectivity index (χ1n) is 4.73. The van der Waals surface area contributed by atoms with Gasteiger partial charge in [-0.2, -0.15) is 0 Å². The summed E-state index contributed by atoms with van der Waals surface area (Å²) in [5.41, 5.74) is 0. The second-order valence-corrected chi connectivity index (χ2v) is 4.34. The van der Waals surface area contributed by atoms with Gasteiger partial charge in [0.05, 0.1) is 0 Å². The Morgan fingerprint density at radius 1 is 1.23 bits per heavy atom. The SMILES string of the molecule is N=CC(Br)C(=N)N1CCCCCC1. The Hall–Kier alpha value is -0.380. The number of hydrogen-bond donors (Lipinski definition) is 2. The van der Waals surface area contributed by atoms with Gasteiger partial charge in [-0.1, -0.05) is 28.8 Å². The van der Waals surface area contributed by atoms with Gasteiger partial charge in [-0.15, -0.1) is 0 Å². The Kier molecular flexibility index (Phi) is 4.42. The molecule has 0 aromatic heterocycles. The van der Waals surface area contributed by atoms with E-state index in [0.717, 1.165) is 13.1 Å². The van der Waals surface area contributed by atoms with E-state index in [9.17, 15) is 0 Å². The first-order valence-corrected chi connectivity index (χ1v) is 5.65. The van der Waals surface area contributed by atoms with E-state index in [-0.39, 0.29) is 4.83 Å². The van der Waals surface area contributed by atoms with Crippen LogP contribution in [0.4, 0.5) is 0 Å². The fourth-order valence-corrected chi connectivity index (χ4v) is 1.85. The molecule has 1 aliphatic heterocycles. The Labute approximate surface area is 87.7 Å². The minimum atomic E-state index is -0.203. The lowest BCUT2D eigenvalue weighted by Gasteiger charge is -2.24. The van der Waals surface area contributed by atoms with Gasteiger partial charge in [-0.05, 0) is 12.8 Å². The number of amidine groups is 1. The molecular formula is C9H16BrN3. The predicted octanol–water partition coefficient (Wildman–Crippen LogP) is 2.25. The Balaban J connectivity index is 2.48. The fourth-order valence-electron chi connectivity index (χ4n) is 1.56. The van der Waals surface area contributed by atoms with Crippen molar-refractivity contribution >= 4 is 28.0 Å². The van der Waals surface area contributed by atoms with Crippen molar-refractivity contribution in [2.45, 2.75) is 30.5 Å². The van der Waals surface area contributed by atoms with Crippen LogP contribution >= 0.6 is 15.9 Å². The summed E-state index contributed by atoms with van der Waals surface area (Å²) in [4.78, 5) is 1.88. The summed E-state index contributed by atoms with van der Waals surface area (Å²) in [5.74, 6) is 0.539. The van der Waals surface area contributed by atoms with Gasteiger partial charge >= 0.3 is 0 Å². The van der Waals surface area contributed by atoms with E-state index >= 15 is 0 Å². The van der Waals surface area contributed by atoms with Gasteiger partial charge < -0.3 is 10.3 Å². The van der Waals surface area contributed by atoms with Gasteiger partial charge in [-0.3, -0.25) is 5.41 Å². The third kappa shape index (κ3) is 3.10. The van der Waals surface area contributed by atoms with Crippen LogP contribution in [0.25, 0.3) is 0 Å². The molecule has 3 nitrogen and oxygen atoms in total. The minimum absolute atomic E-state index is 0.203. The topological polar surface area (TPSA) is 50.9 Å². The van der Waals surface area contributed by atoms with Crippen molar-refractivity contribution in [2.24, 2.45) is 0 Å². The van der Waals surface area contributed by atoms with E-state index in [0.29, 0.717) is 5.84 Å². The fraction of sp³-hybridized carbons (Fsp3) is 0.778. The molecule has 1 atom stereocenters. The number of nitrogens with zero attached hydrogens (tertiary/aromatic N) is 1. The first-order chi connectivity index (χ1) is 6.25. The van der Waals surface area contributed by atoms with Crippen molar-refractivity contribution in [3.63, 3.8) is 0 Å². The summed E-state index contributed by atoms with van der Waals surface area (Å²) >= 11 is 3.29. The number of nitrogens with one attached hydrogen (secondary N) is 2. The molecule has 1 unspecified atom stereocenters. The zero-order valence-electron chi connectivity index (χ0n) is 7.72. The molecule has 74 valence electrons. The third-order valence-electron chi connectivity index (χ3n) is 2.35. The first kappa shape index (κ1) is 10.7. The summed E-state index contributed by atoms with van der Waals surface area (Å²) in [6.07, 6.45) is 6.19. The molecule has 0 bridgehead atoms. The van der Waals surface area contributed by atoms with Crippen LogP contribution in [-0.2, 0) is 0 Å². The van der Waals surface area contributed by atoms with Crippen LogP contribution < -0.4 is 0 Å². The number of rotatable bonds is 2. The highest BCUT2D eigenvalue weighted by Crippen LogP contribution is 2.12. The van der Waals surface area contributed by atoms with Gasteiger partial charge in [0.1, 0.15) is 10.7 Å². The molecule has 0 saturated carbocycles. The van der Waals surface area contributed by atoms with Crippen LogP contribution in [0.5, 0.6) is 0 Å². The standard InChI is InChI=1S/C9H16BrN3/c10-8(7-11)9(12)13-5-3-1-2-4-6-13/h7-8,11-12H,1-6H2. The molecule has 0 amide bonds. The molecule has 0 aromatic carbocycles. The number of halogens is 1. The maximum atomic E-state index is 7.81. The molecular weight excluding hydrogens is 230 g/mol. The molecule has 4 heteroatoms. The summed E-state index contributed by atoms with van der Waals surface area (Å²) in [7, 11) is 0. The van der Waals surface area contributed by atoms with Crippen molar-refractivity contribution in [3.05, 3.63) is 0 Å². The van der Waals surface area contributed by atoms with Gasteiger partial charge in [0, 0.05) is 19.3 Å². The van der Waals surface area contributed by atoms with Crippen LogP contribution in [0, 0.1) is 10.8 Å². The van der Waals surface area contributed by atoms with E-state index in [1.807, 2.05) is 0 Å². The monoisotopic (exact) mass is 245 g/mol. The smallest absolute Gasteiger partial charge is 0.115 e. The summed E-state index contributed by atoms with van der Waals surface area (Å²) in [6.45, 7) is 1.96. The average Bonchev–Trinajstić information content (AvgIpc) is 2.43. The van der Waals surface area contributed by atoms with Crippen molar-refractivity contribution in [3.8, 4) is 0 Å². The summed E-state index contributed by atoms with van der Waals surface area (Å²) < 4.78 is 0. The van der Waals surface area contributed by atoms with Crippen molar-refractivity contribution in [1.29, 1.82) is 10.8 Å². The maximum absolute atomic E-state index is 7.81. The second kappa shape index (κ2) is 5.37. The van der Waals surface area contributed by atoms with Crippen molar-refractivity contribution in [2.75, 3.05) is 13.1 Å². The predicted molar refractivity (Wildman–Crippen MR) is 59.3 cm³/mol. The van der Waals surface area contributed by atoms with Gasteiger partial charge in [0.2, 0.25) is 0 Å². The average molecular weight is 246 g/mol. The van der Waals surface area contributed by atoms with Crippen LogP contribution in [-0.4, -0.2) is 34.9 Å². The summed E-state index contributed by atoms with van der Waals surface area (Å²) in [6, 6.07) is 0. The molecule has 0 spiro atoms. The molecule has 1 saturated heterocycles. The molecule has 13 heavy (non-hydrogen) atoms. The highest BCUT2D eigenvalue weighted by molar-refractivity contribution is 9.10. The van der Waals surface area contributed by atoms with Crippen LogP contribution in [0.15, 0.2) is 0 Å². The van der Waals surface area contributed by atoms with E-state index in [1.54, 1.807) is 0 Å².